The number of rotatable bonds is 7. The lowest BCUT2D eigenvalue weighted by Gasteiger charge is -2.12. The van der Waals surface area contributed by atoms with Gasteiger partial charge in [0.15, 0.2) is 0 Å². The van der Waals surface area contributed by atoms with Gasteiger partial charge >= 0.3 is 0 Å². The predicted octanol–water partition coefficient (Wildman–Crippen LogP) is -0.254. The van der Waals surface area contributed by atoms with Crippen molar-refractivity contribution in [1.82, 2.24) is 14.7 Å². The van der Waals surface area contributed by atoms with E-state index in [1.807, 2.05) is 19.0 Å². The molecule has 1 heterocycles. The first-order valence-electron chi connectivity index (χ1n) is 5.84. The van der Waals surface area contributed by atoms with Crippen LogP contribution >= 0.6 is 11.6 Å². The molecule has 3 N–H and O–H groups in total. The first-order chi connectivity index (χ1) is 8.91. The largest absolute Gasteiger partial charge is 0.382 e. The summed E-state index contributed by atoms with van der Waals surface area (Å²) in [4.78, 5) is 24.5. The number of primary amides is 1. The van der Waals surface area contributed by atoms with Crippen molar-refractivity contribution in [2.45, 2.75) is 13.0 Å². The number of carbonyl (C=O) groups excluding carboxylic acids is 1. The van der Waals surface area contributed by atoms with Gasteiger partial charge in [-0.25, -0.2) is 4.68 Å². The Morgan fingerprint density at radius 2 is 2.26 bits per heavy atom. The molecule has 0 saturated heterocycles. The highest BCUT2D eigenvalue weighted by molar-refractivity contribution is 6.32. The van der Waals surface area contributed by atoms with E-state index in [4.69, 9.17) is 17.3 Å². The van der Waals surface area contributed by atoms with Gasteiger partial charge in [-0.1, -0.05) is 11.6 Å². The summed E-state index contributed by atoms with van der Waals surface area (Å²) in [6.45, 7) is 1.47. The summed E-state index contributed by atoms with van der Waals surface area (Å²) in [7, 11) is 3.82. The van der Waals surface area contributed by atoms with E-state index in [1.54, 1.807) is 0 Å². The summed E-state index contributed by atoms with van der Waals surface area (Å²) >= 11 is 5.96. The second-order valence-corrected chi connectivity index (χ2v) is 4.72. The van der Waals surface area contributed by atoms with Crippen molar-refractivity contribution < 1.29 is 4.79 Å². The maximum Gasteiger partial charge on any atom is 0.287 e. The number of hydrogen-bond donors (Lipinski definition) is 2. The number of aromatic nitrogens is 2. The molecule has 0 aliphatic rings. The van der Waals surface area contributed by atoms with E-state index >= 15 is 0 Å². The van der Waals surface area contributed by atoms with Crippen molar-refractivity contribution in [3.63, 3.8) is 0 Å². The van der Waals surface area contributed by atoms with Crippen molar-refractivity contribution in [1.29, 1.82) is 0 Å². The molecule has 19 heavy (non-hydrogen) atoms. The molecule has 0 aliphatic carbocycles. The molecular weight excluding hydrogens is 270 g/mol. The summed E-state index contributed by atoms with van der Waals surface area (Å²) in [6.07, 6.45) is 1.64. The van der Waals surface area contributed by atoms with Crippen LogP contribution in [0, 0.1) is 0 Å². The molecule has 8 heteroatoms. The first kappa shape index (κ1) is 15.5. The van der Waals surface area contributed by atoms with E-state index in [9.17, 15) is 9.59 Å². The van der Waals surface area contributed by atoms with Crippen LogP contribution in [0.15, 0.2) is 11.0 Å². The Morgan fingerprint density at radius 1 is 1.58 bits per heavy atom. The SMILES string of the molecule is CN(C)CCn1ncc(NCCC(N)=O)c(Cl)c1=O. The maximum absolute atomic E-state index is 11.9. The molecule has 1 rings (SSSR count). The van der Waals surface area contributed by atoms with Crippen LogP contribution in [0.4, 0.5) is 5.69 Å². The van der Waals surface area contributed by atoms with Gasteiger partial charge in [0.25, 0.3) is 5.56 Å². The molecule has 0 bridgehead atoms. The zero-order valence-corrected chi connectivity index (χ0v) is 11.8. The Labute approximate surface area is 116 Å². The Balaban J connectivity index is 2.74. The monoisotopic (exact) mass is 287 g/mol. The number of amides is 1. The van der Waals surface area contributed by atoms with Gasteiger partial charge in [-0.2, -0.15) is 5.10 Å². The van der Waals surface area contributed by atoms with Crippen LogP contribution in [0.2, 0.25) is 5.02 Å². The van der Waals surface area contributed by atoms with Gasteiger partial charge in [-0.15, -0.1) is 0 Å². The third-order valence-electron chi connectivity index (χ3n) is 2.43. The maximum atomic E-state index is 11.9. The van der Waals surface area contributed by atoms with Crippen molar-refractivity contribution in [2.75, 3.05) is 32.5 Å². The number of hydrogen-bond acceptors (Lipinski definition) is 5. The fourth-order valence-corrected chi connectivity index (χ4v) is 1.58. The van der Waals surface area contributed by atoms with E-state index in [2.05, 4.69) is 10.4 Å². The second-order valence-electron chi connectivity index (χ2n) is 4.35. The van der Waals surface area contributed by atoms with Gasteiger partial charge < -0.3 is 16.0 Å². The summed E-state index contributed by atoms with van der Waals surface area (Å²) in [5, 5.41) is 6.95. The van der Waals surface area contributed by atoms with E-state index in [0.29, 0.717) is 25.3 Å². The fourth-order valence-electron chi connectivity index (χ4n) is 1.36. The molecule has 1 aromatic rings. The summed E-state index contributed by atoms with van der Waals surface area (Å²) < 4.78 is 1.31. The van der Waals surface area contributed by atoms with Crippen LogP contribution in [0.25, 0.3) is 0 Å². The van der Waals surface area contributed by atoms with Crippen LogP contribution < -0.4 is 16.6 Å². The molecule has 0 aromatic carbocycles. The third-order valence-corrected chi connectivity index (χ3v) is 2.80. The van der Waals surface area contributed by atoms with E-state index in [-0.39, 0.29) is 17.0 Å². The topological polar surface area (TPSA) is 93.2 Å². The number of carbonyl (C=O) groups is 1. The van der Waals surface area contributed by atoms with Crippen LogP contribution in [0.5, 0.6) is 0 Å². The summed E-state index contributed by atoms with van der Waals surface area (Å²) in [6, 6.07) is 0. The van der Waals surface area contributed by atoms with Crippen LogP contribution in [0.1, 0.15) is 6.42 Å². The lowest BCUT2D eigenvalue weighted by Crippen LogP contribution is -2.29. The second kappa shape index (κ2) is 7.10. The van der Waals surface area contributed by atoms with E-state index < -0.39 is 5.91 Å². The average molecular weight is 288 g/mol. The van der Waals surface area contributed by atoms with Crippen molar-refractivity contribution in [3.8, 4) is 0 Å². The lowest BCUT2D eigenvalue weighted by atomic mass is 10.4. The van der Waals surface area contributed by atoms with E-state index in [0.717, 1.165) is 0 Å². The molecule has 1 aromatic heterocycles. The lowest BCUT2D eigenvalue weighted by molar-refractivity contribution is -0.117. The molecule has 0 saturated carbocycles. The highest BCUT2D eigenvalue weighted by atomic mass is 35.5. The third kappa shape index (κ3) is 4.88. The van der Waals surface area contributed by atoms with Crippen LogP contribution in [0.3, 0.4) is 0 Å². The predicted molar refractivity (Wildman–Crippen MR) is 74.4 cm³/mol. The first-order valence-corrected chi connectivity index (χ1v) is 6.22. The van der Waals surface area contributed by atoms with Gasteiger partial charge in [-0.05, 0) is 14.1 Å². The highest BCUT2D eigenvalue weighted by Crippen LogP contribution is 2.14. The summed E-state index contributed by atoms with van der Waals surface area (Å²) in [5.41, 5.74) is 5.08. The number of anilines is 1. The van der Waals surface area contributed by atoms with Crippen molar-refractivity contribution in [3.05, 3.63) is 21.6 Å². The quantitative estimate of drug-likeness (QED) is 0.721. The van der Waals surface area contributed by atoms with Gasteiger partial charge in [0.1, 0.15) is 5.02 Å². The molecule has 0 spiro atoms. The number of nitrogens with zero attached hydrogens (tertiary/aromatic N) is 3. The van der Waals surface area contributed by atoms with Gasteiger partial charge in [0.05, 0.1) is 18.4 Å². The fraction of sp³-hybridized carbons (Fsp3) is 0.545. The Bertz CT molecular complexity index is 500. The standard InChI is InChI=1S/C11H18ClN5O2/c1-16(2)5-6-17-11(19)10(12)8(7-15-17)14-4-3-9(13)18/h7,14H,3-6H2,1-2H3,(H2,13,18). The number of nitrogens with two attached hydrogens (primary N) is 1. The molecule has 106 valence electrons. The molecule has 0 unspecified atom stereocenters. The number of halogens is 1. The zero-order chi connectivity index (χ0) is 14.4. The normalized spacial score (nSPS) is 10.7. The Hall–Kier alpha value is -1.60. The van der Waals surface area contributed by atoms with Gasteiger partial charge in [0.2, 0.25) is 5.91 Å². The molecule has 0 fully saturated rings. The Morgan fingerprint density at radius 3 is 2.84 bits per heavy atom. The molecule has 0 aliphatic heterocycles. The number of nitrogens with one attached hydrogen (secondary N) is 1. The molecule has 0 atom stereocenters. The molecule has 7 nitrogen and oxygen atoms in total. The minimum Gasteiger partial charge on any atom is -0.382 e. The number of likely N-dealkylation sites (N-methyl/N-ethyl adjacent to an activating group) is 1. The minimum absolute atomic E-state index is 0.0678. The van der Waals surface area contributed by atoms with Crippen molar-refractivity contribution >= 4 is 23.2 Å². The van der Waals surface area contributed by atoms with Gasteiger partial charge in [-0.3, -0.25) is 9.59 Å². The minimum atomic E-state index is -0.420. The van der Waals surface area contributed by atoms with Crippen LogP contribution in [-0.4, -0.2) is 47.8 Å². The highest BCUT2D eigenvalue weighted by Gasteiger charge is 2.09. The molecule has 1 amide bonds. The molecule has 0 radical (unpaired) electrons. The summed E-state index contributed by atoms with van der Waals surface area (Å²) in [5.74, 6) is -0.420. The zero-order valence-electron chi connectivity index (χ0n) is 11.0. The molecular formula is C11H18ClN5O2. The van der Waals surface area contributed by atoms with E-state index in [1.165, 1.54) is 10.9 Å². The smallest absolute Gasteiger partial charge is 0.287 e. The average Bonchev–Trinajstić information content (AvgIpc) is 2.33. The van der Waals surface area contributed by atoms with Gasteiger partial charge in [0, 0.05) is 19.5 Å². The Kier molecular flexibility index (Phi) is 5.78. The van der Waals surface area contributed by atoms with Crippen molar-refractivity contribution in [2.24, 2.45) is 5.73 Å². The van der Waals surface area contributed by atoms with Crippen LogP contribution in [-0.2, 0) is 11.3 Å².